The number of aliphatic hydroxyl groups is 1. The number of morpholine rings is 1. The SMILES string of the molecule is CN1CCOC(CN(C)CC2(O)CCCC2)C1. The Morgan fingerprint density at radius 2 is 2.12 bits per heavy atom. The lowest BCUT2D eigenvalue weighted by atomic mass is 10.0. The number of ether oxygens (including phenoxy) is 1. The van der Waals surface area contributed by atoms with Crippen LogP contribution in [-0.2, 0) is 4.74 Å². The Kier molecular flexibility index (Phi) is 4.42. The lowest BCUT2D eigenvalue weighted by molar-refractivity contribution is -0.0468. The number of rotatable bonds is 4. The second kappa shape index (κ2) is 5.65. The monoisotopic (exact) mass is 242 g/mol. The van der Waals surface area contributed by atoms with Crippen LogP contribution in [0.3, 0.4) is 0 Å². The highest BCUT2D eigenvalue weighted by atomic mass is 16.5. The molecule has 4 nitrogen and oxygen atoms in total. The number of nitrogens with zero attached hydrogens (tertiary/aromatic N) is 2. The smallest absolute Gasteiger partial charge is 0.0829 e. The van der Waals surface area contributed by atoms with E-state index in [4.69, 9.17) is 4.74 Å². The summed E-state index contributed by atoms with van der Waals surface area (Å²) in [4.78, 5) is 4.54. The van der Waals surface area contributed by atoms with Crippen LogP contribution in [0.15, 0.2) is 0 Å². The van der Waals surface area contributed by atoms with Crippen molar-refractivity contribution in [2.75, 3.05) is 46.9 Å². The first-order valence-electron chi connectivity index (χ1n) is 6.78. The molecule has 1 aliphatic carbocycles. The minimum Gasteiger partial charge on any atom is -0.389 e. The third kappa shape index (κ3) is 3.91. The van der Waals surface area contributed by atoms with Crippen LogP contribution >= 0.6 is 0 Å². The van der Waals surface area contributed by atoms with E-state index in [9.17, 15) is 5.11 Å². The summed E-state index contributed by atoms with van der Waals surface area (Å²) in [5.41, 5.74) is -0.435. The van der Waals surface area contributed by atoms with Crippen molar-refractivity contribution in [3.8, 4) is 0 Å². The maximum absolute atomic E-state index is 10.4. The molecule has 100 valence electrons. The van der Waals surface area contributed by atoms with E-state index in [0.717, 1.165) is 45.6 Å². The highest BCUT2D eigenvalue weighted by molar-refractivity contribution is 4.87. The first-order chi connectivity index (χ1) is 8.07. The Morgan fingerprint density at radius 3 is 2.76 bits per heavy atom. The molecule has 2 aliphatic rings. The Labute approximate surface area is 105 Å². The third-order valence-electron chi connectivity index (χ3n) is 3.96. The van der Waals surface area contributed by atoms with Crippen molar-refractivity contribution in [1.29, 1.82) is 0 Å². The Bertz CT molecular complexity index is 242. The van der Waals surface area contributed by atoms with Gasteiger partial charge < -0.3 is 19.6 Å². The second-order valence-electron chi connectivity index (χ2n) is 5.88. The summed E-state index contributed by atoms with van der Waals surface area (Å²) < 4.78 is 5.75. The Morgan fingerprint density at radius 1 is 1.41 bits per heavy atom. The van der Waals surface area contributed by atoms with E-state index in [1.54, 1.807) is 0 Å². The molecule has 1 aliphatic heterocycles. The van der Waals surface area contributed by atoms with Gasteiger partial charge in [0.1, 0.15) is 0 Å². The molecular formula is C13H26N2O2. The Balaban J connectivity index is 1.74. The van der Waals surface area contributed by atoms with Gasteiger partial charge in [0.25, 0.3) is 0 Å². The van der Waals surface area contributed by atoms with Gasteiger partial charge in [0.15, 0.2) is 0 Å². The zero-order chi connectivity index (χ0) is 12.3. The summed E-state index contributed by atoms with van der Waals surface area (Å²) in [6, 6.07) is 0. The summed E-state index contributed by atoms with van der Waals surface area (Å²) >= 11 is 0. The summed E-state index contributed by atoms with van der Waals surface area (Å²) in [7, 11) is 4.23. The molecule has 0 aromatic rings. The molecule has 1 atom stereocenters. The van der Waals surface area contributed by atoms with E-state index in [0.29, 0.717) is 6.10 Å². The molecule has 1 unspecified atom stereocenters. The van der Waals surface area contributed by atoms with E-state index in [1.807, 2.05) is 0 Å². The van der Waals surface area contributed by atoms with Crippen molar-refractivity contribution in [3.05, 3.63) is 0 Å². The van der Waals surface area contributed by atoms with Crippen molar-refractivity contribution >= 4 is 0 Å². The maximum atomic E-state index is 10.4. The molecular weight excluding hydrogens is 216 g/mol. The lowest BCUT2D eigenvalue weighted by Gasteiger charge is -2.35. The Hall–Kier alpha value is -0.160. The quantitative estimate of drug-likeness (QED) is 0.781. The van der Waals surface area contributed by atoms with Crippen LogP contribution < -0.4 is 0 Å². The lowest BCUT2D eigenvalue weighted by Crippen LogP contribution is -2.48. The standard InChI is InChI=1S/C13H26N2O2/c1-14-7-8-17-12(9-14)10-15(2)11-13(16)5-3-4-6-13/h12,16H,3-11H2,1-2H3. The van der Waals surface area contributed by atoms with Crippen LogP contribution in [0.2, 0.25) is 0 Å². The fraction of sp³-hybridized carbons (Fsp3) is 1.00. The van der Waals surface area contributed by atoms with Crippen molar-refractivity contribution < 1.29 is 9.84 Å². The normalized spacial score (nSPS) is 30.0. The molecule has 2 fully saturated rings. The van der Waals surface area contributed by atoms with Crippen molar-refractivity contribution in [1.82, 2.24) is 9.80 Å². The van der Waals surface area contributed by atoms with E-state index in [1.165, 1.54) is 12.8 Å². The van der Waals surface area contributed by atoms with E-state index < -0.39 is 5.60 Å². The number of likely N-dealkylation sites (N-methyl/N-ethyl adjacent to an activating group) is 2. The molecule has 1 heterocycles. The molecule has 0 bridgehead atoms. The molecule has 2 rings (SSSR count). The highest BCUT2D eigenvalue weighted by Gasteiger charge is 2.32. The molecule has 0 radical (unpaired) electrons. The molecule has 1 saturated heterocycles. The third-order valence-corrected chi connectivity index (χ3v) is 3.96. The fourth-order valence-corrected chi connectivity index (χ4v) is 3.08. The van der Waals surface area contributed by atoms with E-state index in [2.05, 4.69) is 23.9 Å². The molecule has 0 spiro atoms. The predicted molar refractivity (Wildman–Crippen MR) is 68.2 cm³/mol. The number of hydrogen-bond acceptors (Lipinski definition) is 4. The highest BCUT2D eigenvalue weighted by Crippen LogP contribution is 2.29. The van der Waals surface area contributed by atoms with Gasteiger partial charge in [-0.1, -0.05) is 12.8 Å². The molecule has 1 saturated carbocycles. The largest absolute Gasteiger partial charge is 0.389 e. The van der Waals surface area contributed by atoms with Crippen molar-refractivity contribution in [3.63, 3.8) is 0 Å². The summed E-state index contributed by atoms with van der Waals surface area (Å²) in [5, 5.41) is 10.4. The molecule has 0 aromatic heterocycles. The van der Waals surface area contributed by atoms with Crippen LogP contribution in [0.1, 0.15) is 25.7 Å². The molecule has 1 N–H and O–H groups in total. The van der Waals surface area contributed by atoms with Gasteiger partial charge in [-0.3, -0.25) is 0 Å². The topological polar surface area (TPSA) is 35.9 Å². The molecule has 4 heteroatoms. The summed E-state index contributed by atoms with van der Waals surface area (Å²) in [5.74, 6) is 0. The number of hydrogen-bond donors (Lipinski definition) is 1. The van der Waals surface area contributed by atoms with Crippen LogP contribution in [-0.4, -0.2) is 73.5 Å². The van der Waals surface area contributed by atoms with Crippen LogP contribution in [0, 0.1) is 0 Å². The first kappa shape index (κ1) is 13.3. The van der Waals surface area contributed by atoms with Crippen molar-refractivity contribution in [2.24, 2.45) is 0 Å². The van der Waals surface area contributed by atoms with Gasteiger partial charge in [0, 0.05) is 26.2 Å². The fourth-order valence-electron chi connectivity index (χ4n) is 3.08. The van der Waals surface area contributed by atoms with Crippen molar-refractivity contribution in [2.45, 2.75) is 37.4 Å². The summed E-state index contributed by atoms with van der Waals surface area (Å²) in [6.45, 7) is 4.58. The zero-order valence-electron chi connectivity index (χ0n) is 11.2. The molecule has 0 aromatic carbocycles. The predicted octanol–water partition coefficient (Wildman–Crippen LogP) is 0.554. The van der Waals surface area contributed by atoms with Gasteiger partial charge in [0.05, 0.1) is 18.3 Å². The van der Waals surface area contributed by atoms with Gasteiger partial charge in [-0.15, -0.1) is 0 Å². The first-order valence-corrected chi connectivity index (χ1v) is 6.78. The van der Waals surface area contributed by atoms with Crippen LogP contribution in [0.4, 0.5) is 0 Å². The molecule has 17 heavy (non-hydrogen) atoms. The van der Waals surface area contributed by atoms with Gasteiger partial charge in [-0.2, -0.15) is 0 Å². The van der Waals surface area contributed by atoms with Crippen LogP contribution in [0.5, 0.6) is 0 Å². The summed E-state index contributed by atoms with van der Waals surface area (Å²) in [6.07, 6.45) is 4.56. The average Bonchev–Trinajstić information content (AvgIpc) is 2.64. The molecule has 0 amide bonds. The van der Waals surface area contributed by atoms with Gasteiger partial charge in [-0.05, 0) is 26.9 Å². The van der Waals surface area contributed by atoms with Gasteiger partial charge in [0.2, 0.25) is 0 Å². The maximum Gasteiger partial charge on any atom is 0.0829 e. The van der Waals surface area contributed by atoms with Gasteiger partial charge >= 0.3 is 0 Å². The second-order valence-corrected chi connectivity index (χ2v) is 5.88. The zero-order valence-corrected chi connectivity index (χ0v) is 11.2. The van der Waals surface area contributed by atoms with Crippen LogP contribution in [0.25, 0.3) is 0 Å². The van der Waals surface area contributed by atoms with E-state index >= 15 is 0 Å². The van der Waals surface area contributed by atoms with E-state index in [-0.39, 0.29) is 0 Å². The van der Waals surface area contributed by atoms with Gasteiger partial charge in [-0.25, -0.2) is 0 Å². The average molecular weight is 242 g/mol. The minimum atomic E-state index is -0.435. The minimum absolute atomic E-state index is 0.295.